The van der Waals surface area contributed by atoms with Crippen LogP contribution in [0.4, 0.5) is 23.2 Å². The number of rotatable bonds is 2. The van der Waals surface area contributed by atoms with Gasteiger partial charge in [-0.15, -0.1) is 11.3 Å². The summed E-state index contributed by atoms with van der Waals surface area (Å²) in [6, 6.07) is 1.56. The Morgan fingerprint density at radius 3 is 2.15 bits per heavy atom. The van der Waals surface area contributed by atoms with Gasteiger partial charge in [0.1, 0.15) is 5.69 Å². The predicted molar refractivity (Wildman–Crippen MR) is 71.0 cm³/mol. The van der Waals surface area contributed by atoms with Crippen molar-refractivity contribution < 1.29 is 22.4 Å². The first kappa shape index (κ1) is 15.0. The van der Waals surface area contributed by atoms with E-state index in [0.717, 1.165) is 16.9 Å². The molecule has 0 fully saturated rings. The first-order valence-corrected chi connectivity index (χ1v) is 6.82. The second kappa shape index (κ2) is 5.53. The maximum Gasteiger partial charge on any atom is 0.265 e. The molecule has 0 radical (unpaired) electrons. The summed E-state index contributed by atoms with van der Waals surface area (Å²) in [4.78, 5) is 12.0. The smallest absolute Gasteiger partial charge is 0.265 e. The van der Waals surface area contributed by atoms with E-state index in [9.17, 15) is 22.4 Å². The molecule has 0 aliphatic rings. The molecule has 1 heterocycles. The zero-order valence-corrected chi connectivity index (χ0v) is 12.3. The molecule has 0 bridgehead atoms. The lowest BCUT2D eigenvalue weighted by Gasteiger charge is -2.07. The monoisotopic (exact) mass is 367 g/mol. The molecule has 1 aromatic carbocycles. The fraction of sp³-hybridized carbons (Fsp3) is 0.0833. The number of benzene rings is 1. The molecule has 1 aromatic heterocycles. The van der Waals surface area contributed by atoms with Gasteiger partial charge < -0.3 is 5.32 Å². The average molecular weight is 368 g/mol. The summed E-state index contributed by atoms with van der Waals surface area (Å²) in [6.07, 6.45) is 0. The van der Waals surface area contributed by atoms with Crippen molar-refractivity contribution >= 4 is 38.9 Å². The highest BCUT2D eigenvalue weighted by Crippen LogP contribution is 2.29. The molecule has 0 spiro atoms. The van der Waals surface area contributed by atoms with Gasteiger partial charge in [-0.2, -0.15) is 0 Å². The van der Waals surface area contributed by atoms with Gasteiger partial charge in [0.25, 0.3) is 5.91 Å². The minimum atomic E-state index is -1.65. The lowest BCUT2D eigenvalue weighted by atomic mass is 10.2. The highest BCUT2D eigenvalue weighted by Gasteiger charge is 2.22. The Hall–Kier alpha value is -1.41. The maximum absolute atomic E-state index is 13.4. The summed E-state index contributed by atoms with van der Waals surface area (Å²) < 4.78 is 53.5. The standard InChI is InChI=1S/C12H6BrF4NOS/c1-4-2-7(20-11(4)13)12(19)18-10-8(16)5(14)3-6(15)9(10)17/h2-3H,1H3,(H,18,19). The van der Waals surface area contributed by atoms with Crippen LogP contribution in [0.5, 0.6) is 0 Å². The van der Waals surface area contributed by atoms with Crippen molar-refractivity contribution in [1.82, 2.24) is 0 Å². The fourth-order valence-corrected chi connectivity index (χ4v) is 2.86. The van der Waals surface area contributed by atoms with Gasteiger partial charge in [-0.25, -0.2) is 17.6 Å². The minimum Gasteiger partial charge on any atom is -0.316 e. The second-order valence-electron chi connectivity index (χ2n) is 3.86. The van der Waals surface area contributed by atoms with Crippen LogP contribution < -0.4 is 5.32 Å². The van der Waals surface area contributed by atoms with E-state index in [1.807, 2.05) is 5.32 Å². The first-order valence-electron chi connectivity index (χ1n) is 5.21. The number of anilines is 1. The lowest BCUT2D eigenvalue weighted by molar-refractivity contribution is 0.102. The Bertz CT molecular complexity index is 656. The zero-order chi connectivity index (χ0) is 15.0. The van der Waals surface area contributed by atoms with Crippen molar-refractivity contribution in [3.8, 4) is 0 Å². The normalized spacial score (nSPS) is 10.7. The lowest BCUT2D eigenvalue weighted by Crippen LogP contribution is -2.14. The predicted octanol–water partition coefficient (Wildman–Crippen LogP) is 4.63. The average Bonchev–Trinajstić information content (AvgIpc) is 2.72. The quantitative estimate of drug-likeness (QED) is 0.608. The number of hydrogen-bond donors (Lipinski definition) is 1. The van der Waals surface area contributed by atoms with Crippen molar-refractivity contribution in [2.45, 2.75) is 6.92 Å². The van der Waals surface area contributed by atoms with Crippen molar-refractivity contribution in [1.29, 1.82) is 0 Å². The van der Waals surface area contributed by atoms with E-state index in [2.05, 4.69) is 15.9 Å². The summed E-state index contributed by atoms with van der Waals surface area (Å²) >= 11 is 4.23. The second-order valence-corrected chi connectivity index (χ2v) is 6.23. The molecule has 106 valence electrons. The van der Waals surface area contributed by atoms with Crippen molar-refractivity contribution in [3.05, 3.63) is 49.6 Å². The Morgan fingerprint density at radius 2 is 1.70 bits per heavy atom. The molecule has 0 aliphatic carbocycles. The third-order valence-corrected chi connectivity index (χ3v) is 4.57. The van der Waals surface area contributed by atoms with Gasteiger partial charge in [-0.3, -0.25) is 4.79 Å². The molecular weight excluding hydrogens is 362 g/mol. The third kappa shape index (κ3) is 2.71. The van der Waals surface area contributed by atoms with Crippen molar-refractivity contribution in [3.63, 3.8) is 0 Å². The largest absolute Gasteiger partial charge is 0.316 e. The van der Waals surface area contributed by atoms with Crippen LogP contribution in [0.25, 0.3) is 0 Å². The van der Waals surface area contributed by atoms with E-state index in [4.69, 9.17) is 0 Å². The Kier molecular flexibility index (Phi) is 4.14. The molecule has 1 amide bonds. The van der Waals surface area contributed by atoms with E-state index in [-0.39, 0.29) is 10.9 Å². The first-order chi connectivity index (χ1) is 9.31. The van der Waals surface area contributed by atoms with E-state index in [1.165, 1.54) is 6.07 Å². The molecule has 0 saturated carbocycles. The van der Waals surface area contributed by atoms with Gasteiger partial charge in [0.15, 0.2) is 23.3 Å². The number of nitrogens with one attached hydrogen (secondary N) is 1. The number of hydrogen-bond acceptors (Lipinski definition) is 2. The van der Waals surface area contributed by atoms with Gasteiger partial charge in [-0.05, 0) is 34.5 Å². The molecular formula is C12H6BrF4NOS. The van der Waals surface area contributed by atoms with Crippen LogP contribution in [-0.2, 0) is 0 Å². The number of carbonyl (C=O) groups is 1. The molecule has 2 nitrogen and oxygen atoms in total. The molecule has 0 unspecified atom stereocenters. The van der Waals surface area contributed by atoms with Crippen LogP contribution in [0.2, 0.25) is 0 Å². The topological polar surface area (TPSA) is 29.1 Å². The zero-order valence-electron chi connectivity index (χ0n) is 9.86. The number of carbonyl (C=O) groups excluding carboxylic acids is 1. The Morgan fingerprint density at radius 1 is 1.15 bits per heavy atom. The molecule has 20 heavy (non-hydrogen) atoms. The van der Waals surface area contributed by atoms with Crippen LogP contribution in [-0.4, -0.2) is 5.91 Å². The van der Waals surface area contributed by atoms with Crippen molar-refractivity contribution in [2.75, 3.05) is 5.32 Å². The Balaban J connectivity index is 2.37. The molecule has 2 aromatic rings. The molecule has 0 saturated heterocycles. The van der Waals surface area contributed by atoms with E-state index < -0.39 is 34.9 Å². The van der Waals surface area contributed by atoms with Crippen LogP contribution in [0.15, 0.2) is 15.9 Å². The Labute approximate surface area is 123 Å². The third-order valence-electron chi connectivity index (χ3n) is 2.43. The molecule has 8 heteroatoms. The maximum atomic E-state index is 13.4. The van der Waals surface area contributed by atoms with Gasteiger partial charge in [0, 0.05) is 6.07 Å². The van der Waals surface area contributed by atoms with Gasteiger partial charge in [0.05, 0.1) is 8.66 Å². The van der Waals surface area contributed by atoms with Crippen LogP contribution >= 0.6 is 27.3 Å². The van der Waals surface area contributed by atoms with E-state index in [1.54, 1.807) is 6.92 Å². The summed E-state index contributed by atoms with van der Waals surface area (Å²) in [5, 5.41) is 1.84. The highest BCUT2D eigenvalue weighted by atomic mass is 79.9. The SMILES string of the molecule is Cc1cc(C(=O)Nc2c(F)c(F)cc(F)c2F)sc1Br. The molecule has 2 rings (SSSR count). The van der Waals surface area contributed by atoms with Crippen LogP contribution in [0.1, 0.15) is 15.2 Å². The summed E-state index contributed by atoms with van der Waals surface area (Å²) in [5.41, 5.74) is -0.388. The van der Waals surface area contributed by atoms with Crippen LogP contribution in [0.3, 0.4) is 0 Å². The van der Waals surface area contributed by atoms with Crippen molar-refractivity contribution in [2.24, 2.45) is 0 Å². The van der Waals surface area contributed by atoms with Gasteiger partial charge >= 0.3 is 0 Å². The molecule has 0 aliphatic heterocycles. The number of amides is 1. The molecule has 0 atom stereocenters. The highest BCUT2D eigenvalue weighted by molar-refractivity contribution is 9.11. The number of thiophene rings is 1. The van der Waals surface area contributed by atoms with E-state index >= 15 is 0 Å². The summed E-state index contributed by atoms with van der Waals surface area (Å²) in [7, 11) is 0. The summed E-state index contributed by atoms with van der Waals surface area (Å²) in [5.74, 6) is -7.31. The fourth-order valence-electron chi connectivity index (χ4n) is 1.43. The minimum absolute atomic E-state index is 0.0756. The number of halogens is 5. The van der Waals surface area contributed by atoms with Gasteiger partial charge in [0.2, 0.25) is 0 Å². The summed E-state index contributed by atoms with van der Waals surface area (Å²) in [6.45, 7) is 1.72. The van der Waals surface area contributed by atoms with Gasteiger partial charge in [-0.1, -0.05) is 0 Å². The number of aryl methyl sites for hydroxylation is 1. The van der Waals surface area contributed by atoms with Crippen LogP contribution in [0, 0.1) is 30.2 Å². The van der Waals surface area contributed by atoms with E-state index in [0.29, 0.717) is 3.79 Å². The molecule has 1 N–H and O–H groups in total.